The van der Waals surface area contributed by atoms with Gasteiger partial charge in [0.1, 0.15) is 0 Å². The highest BCUT2D eigenvalue weighted by atomic mass is 15.0. The van der Waals surface area contributed by atoms with Gasteiger partial charge in [-0.1, -0.05) is 146 Å². The largest absolute Gasteiger partial charge is 0.256 e. The SMILES string of the molecule is c1ccc(-c2cccc(-c3nc(-c4ccc(-c5ccc6ccccc6c5)cc4)nc(-c4ccc5ccc(-c6ccc7ncccc7c6)cc5c4)n3)c2)cc1. The van der Waals surface area contributed by atoms with Crippen LogP contribution in [0.4, 0.5) is 0 Å². The van der Waals surface area contributed by atoms with E-state index in [9.17, 15) is 0 Å². The summed E-state index contributed by atoms with van der Waals surface area (Å²) >= 11 is 0. The van der Waals surface area contributed by atoms with E-state index in [2.05, 4.69) is 181 Å². The van der Waals surface area contributed by atoms with Crippen LogP contribution >= 0.6 is 0 Å². The molecule has 0 aliphatic rings. The van der Waals surface area contributed by atoms with E-state index in [0.29, 0.717) is 17.5 Å². The molecular weight excluding hydrogens is 657 g/mol. The van der Waals surface area contributed by atoms with Crippen molar-refractivity contribution in [2.24, 2.45) is 0 Å². The van der Waals surface area contributed by atoms with E-state index >= 15 is 0 Å². The first-order chi connectivity index (χ1) is 26.7. The highest BCUT2D eigenvalue weighted by molar-refractivity contribution is 5.92. The molecule has 252 valence electrons. The summed E-state index contributed by atoms with van der Waals surface area (Å²) in [6.07, 6.45) is 1.83. The molecule has 10 rings (SSSR count). The standard InChI is InChI=1S/C50H32N4/c1-2-8-33(9-3-1)39-12-6-13-44(30-39)49-52-48(37-20-15-35(16-21-37)40-22-17-34-10-4-5-11-38(34)28-40)53-50(54-49)45-24-19-36-18-23-41(31-46(36)32-45)42-25-26-47-43(29-42)14-7-27-51-47/h1-32H. The van der Waals surface area contributed by atoms with Crippen molar-refractivity contribution >= 4 is 32.4 Å². The number of nitrogens with zero attached hydrogens (tertiary/aromatic N) is 4. The zero-order chi connectivity index (χ0) is 35.8. The van der Waals surface area contributed by atoms with Gasteiger partial charge in [-0.2, -0.15) is 0 Å². The zero-order valence-electron chi connectivity index (χ0n) is 29.3. The summed E-state index contributed by atoms with van der Waals surface area (Å²) in [4.78, 5) is 19.8. The second-order valence-electron chi connectivity index (χ2n) is 13.6. The van der Waals surface area contributed by atoms with Crippen LogP contribution in [-0.4, -0.2) is 19.9 Å². The van der Waals surface area contributed by atoms with Crippen molar-refractivity contribution in [3.8, 4) is 67.5 Å². The van der Waals surface area contributed by atoms with Crippen molar-refractivity contribution in [2.75, 3.05) is 0 Å². The van der Waals surface area contributed by atoms with Crippen molar-refractivity contribution in [1.29, 1.82) is 0 Å². The number of aromatic nitrogens is 4. The van der Waals surface area contributed by atoms with E-state index < -0.39 is 0 Å². The Hall–Kier alpha value is -7.30. The number of benzene rings is 8. The van der Waals surface area contributed by atoms with Crippen LogP contribution in [0.3, 0.4) is 0 Å². The molecule has 0 spiro atoms. The molecule has 0 aliphatic carbocycles. The lowest BCUT2D eigenvalue weighted by Crippen LogP contribution is -2.00. The summed E-state index contributed by atoms with van der Waals surface area (Å²) in [5.41, 5.74) is 10.6. The summed E-state index contributed by atoms with van der Waals surface area (Å²) in [5.74, 6) is 1.89. The molecule has 0 radical (unpaired) electrons. The summed E-state index contributed by atoms with van der Waals surface area (Å²) in [7, 11) is 0. The number of pyridine rings is 1. The predicted octanol–water partition coefficient (Wildman–Crippen LogP) is 12.7. The number of rotatable bonds is 6. The van der Waals surface area contributed by atoms with E-state index in [1.807, 2.05) is 18.3 Å². The van der Waals surface area contributed by atoms with Gasteiger partial charge >= 0.3 is 0 Å². The van der Waals surface area contributed by atoms with E-state index in [1.54, 1.807) is 0 Å². The Morgan fingerprint density at radius 2 is 0.685 bits per heavy atom. The molecule has 4 heteroatoms. The summed E-state index contributed by atoms with van der Waals surface area (Å²) in [5, 5.41) is 5.84. The maximum absolute atomic E-state index is 5.12. The third-order valence-corrected chi connectivity index (χ3v) is 10.1. The van der Waals surface area contributed by atoms with Crippen LogP contribution in [0.5, 0.6) is 0 Å². The van der Waals surface area contributed by atoms with Gasteiger partial charge in [-0.05, 0) is 97.4 Å². The molecule has 0 fully saturated rings. The molecule has 2 heterocycles. The Kier molecular flexibility index (Phi) is 7.77. The maximum atomic E-state index is 5.12. The smallest absolute Gasteiger partial charge is 0.164 e. The van der Waals surface area contributed by atoms with Crippen LogP contribution in [0.2, 0.25) is 0 Å². The minimum atomic E-state index is 0.628. The molecule has 8 aromatic carbocycles. The normalized spacial score (nSPS) is 11.3. The quantitative estimate of drug-likeness (QED) is 0.174. The van der Waals surface area contributed by atoms with Gasteiger partial charge < -0.3 is 0 Å². The Bertz CT molecular complexity index is 2990. The minimum absolute atomic E-state index is 0.628. The van der Waals surface area contributed by atoms with Gasteiger partial charge in [0, 0.05) is 28.3 Å². The average Bonchev–Trinajstić information content (AvgIpc) is 3.26. The topological polar surface area (TPSA) is 51.6 Å². The lowest BCUT2D eigenvalue weighted by Gasteiger charge is -2.11. The monoisotopic (exact) mass is 688 g/mol. The van der Waals surface area contributed by atoms with Crippen LogP contribution in [0.1, 0.15) is 0 Å². The molecule has 4 nitrogen and oxygen atoms in total. The molecule has 2 aromatic heterocycles. The molecule has 0 aliphatic heterocycles. The van der Waals surface area contributed by atoms with Crippen molar-refractivity contribution < 1.29 is 0 Å². The molecule has 54 heavy (non-hydrogen) atoms. The van der Waals surface area contributed by atoms with Crippen molar-refractivity contribution in [3.05, 3.63) is 194 Å². The van der Waals surface area contributed by atoms with Crippen LogP contribution in [0.15, 0.2) is 194 Å². The molecule has 0 bridgehead atoms. The van der Waals surface area contributed by atoms with Crippen LogP contribution in [-0.2, 0) is 0 Å². The highest BCUT2D eigenvalue weighted by Crippen LogP contribution is 2.33. The minimum Gasteiger partial charge on any atom is -0.256 e. The Morgan fingerprint density at radius 1 is 0.241 bits per heavy atom. The Labute approximate surface area is 313 Å². The highest BCUT2D eigenvalue weighted by Gasteiger charge is 2.14. The van der Waals surface area contributed by atoms with E-state index in [-0.39, 0.29) is 0 Å². The third-order valence-electron chi connectivity index (χ3n) is 10.1. The predicted molar refractivity (Wildman–Crippen MR) is 223 cm³/mol. The van der Waals surface area contributed by atoms with Crippen LogP contribution < -0.4 is 0 Å². The van der Waals surface area contributed by atoms with Crippen LogP contribution in [0, 0.1) is 0 Å². The molecule has 0 N–H and O–H groups in total. The second-order valence-corrected chi connectivity index (χ2v) is 13.6. The zero-order valence-corrected chi connectivity index (χ0v) is 29.3. The molecule has 0 unspecified atom stereocenters. The second kappa shape index (κ2) is 13.4. The fraction of sp³-hybridized carbons (Fsp3) is 0. The summed E-state index contributed by atoms with van der Waals surface area (Å²) < 4.78 is 0. The molecular formula is C50H32N4. The summed E-state index contributed by atoms with van der Waals surface area (Å²) in [6, 6.07) is 66.0. The van der Waals surface area contributed by atoms with Gasteiger partial charge in [-0.15, -0.1) is 0 Å². The molecule has 0 saturated heterocycles. The van der Waals surface area contributed by atoms with Gasteiger partial charge in [0.2, 0.25) is 0 Å². The van der Waals surface area contributed by atoms with Crippen LogP contribution in [0.25, 0.3) is 100.0 Å². The van der Waals surface area contributed by atoms with Crippen molar-refractivity contribution in [2.45, 2.75) is 0 Å². The van der Waals surface area contributed by atoms with Gasteiger partial charge in [-0.25, -0.2) is 15.0 Å². The van der Waals surface area contributed by atoms with Crippen molar-refractivity contribution in [1.82, 2.24) is 19.9 Å². The number of fused-ring (bicyclic) bond motifs is 3. The van der Waals surface area contributed by atoms with Gasteiger partial charge in [0.05, 0.1) is 5.52 Å². The van der Waals surface area contributed by atoms with Gasteiger partial charge in [-0.3, -0.25) is 4.98 Å². The first-order valence-corrected chi connectivity index (χ1v) is 18.1. The first-order valence-electron chi connectivity index (χ1n) is 18.1. The fourth-order valence-corrected chi connectivity index (χ4v) is 7.23. The van der Waals surface area contributed by atoms with Gasteiger partial charge in [0.15, 0.2) is 17.5 Å². The molecule has 0 atom stereocenters. The number of hydrogen-bond donors (Lipinski definition) is 0. The Balaban J connectivity index is 1.07. The third kappa shape index (κ3) is 6.06. The molecule has 0 amide bonds. The lowest BCUT2D eigenvalue weighted by atomic mass is 9.98. The number of hydrogen-bond acceptors (Lipinski definition) is 4. The first kappa shape index (κ1) is 31.4. The van der Waals surface area contributed by atoms with Crippen molar-refractivity contribution in [3.63, 3.8) is 0 Å². The summed E-state index contributed by atoms with van der Waals surface area (Å²) in [6.45, 7) is 0. The molecule has 10 aromatic rings. The van der Waals surface area contributed by atoms with E-state index in [4.69, 9.17) is 15.0 Å². The fourth-order valence-electron chi connectivity index (χ4n) is 7.23. The average molecular weight is 689 g/mol. The van der Waals surface area contributed by atoms with Gasteiger partial charge in [0.25, 0.3) is 0 Å². The van der Waals surface area contributed by atoms with E-state index in [1.165, 1.54) is 16.3 Å². The maximum Gasteiger partial charge on any atom is 0.164 e. The van der Waals surface area contributed by atoms with E-state index in [0.717, 1.165) is 66.2 Å². The lowest BCUT2D eigenvalue weighted by molar-refractivity contribution is 1.07. The molecule has 0 saturated carbocycles. The Morgan fingerprint density at radius 3 is 1.46 bits per heavy atom.